The number of nitrogens with zero attached hydrogens (tertiary/aromatic N) is 3. The molecule has 1 N–H and O–H groups in total. The molecule has 2 heterocycles. The third kappa shape index (κ3) is 2.42. The molecule has 0 amide bonds. The van der Waals surface area contributed by atoms with Crippen LogP contribution in [-0.2, 0) is 6.18 Å². The number of anilines is 1. The minimum absolute atomic E-state index is 0.0696. The Balaban J connectivity index is 1.88. The molecule has 1 atom stereocenters. The highest BCUT2D eigenvalue weighted by Gasteiger charge is 2.39. The summed E-state index contributed by atoms with van der Waals surface area (Å²) in [7, 11) is 0. The molecule has 0 bridgehead atoms. The molecule has 1 aliphatic heterocycles. The lowest BCUT2D eigenvalue weighted by molar-refractivity contribution is -0.145. The van der Waals surface area contributed by atoms with Crippen molar-refractivity contribution in [3.05, 3.63) is 5.82 Å². The first-order valence-electron chi connectivity index (χ1n) is 6.83. The Morgan fingerprint density at radius 2 is 1.84 bits per heavy atom. The quantitative estimate of drug-likeness (QED) is 0.855. The first-order chi connectivity index (χ1) is 9.05. The maximum Gasteiger partial charge on any atom is 0.453 e. The van der Waals surface area contributed by atoms with Gasteiger partial charge in [0.1, 0.15) is 0 Å². The van der Waals surface area contributed by atoms with Crippen molar-refractivity contribution in [2.24, 2.45) is 5.92 Å². The maximum absolute atomic E-state index is 12.7. The van der Waals surface area contributed by atoms with E-state index < -0.39 is 12.0 Å². The maximum atomic E-state index is 12.7. The van der Waals surface area contributed by atoms with Crippen molar-refractivity contribution in [1.82, 2.24) is 14.8 Å². The highest BCUT2D eigenvalue weighted by Crippen LogP contribution is 2.38. The molecule has 1 aliphatic carbocycles. The topological polar surface area (TPSA) is 42.7 Å². The van der Waals surface area contributed by atoms with Crippen LogP contribution in [0.15, 0.2) is 0 Å². The predicted octanol–water partition coefficient (Wildman–Crippen LogP) is 3.23. The first kappa shape index (κ1) is 12.7. The van der Waals surface area contributed by atoms with Crippen LogP contribution in [0.3, 0.4) is 0 Å². The number of nitrogens with one attached hydrogen (secondary N) is 1. The second-order valence-electron chi connectivity index (χ2n) is 5.38. The van der Waals surface area contributed by atoms with Gasteiger partial charge in [0, 0.05) is 6.54 Å². The van der Waals surface area contributed by atoms with E-state index in [0.29, 0.717) is 12.5 Å². The van der Waals surface area contributed by atoms with Gasteiger partial charge in [0.25, 0.3) is 5.82 Å². The third-order valence-electron chi connectivity index (χ3n) is 4.12. The monoisotopic (exact) mass is 274 g/mol. The van der Waals surface area contributed by atoms with Gasteiger partial charge in [0.15, 0.2) is 0 Å². The molecular weight excluding hydrogens is 257 g/mol. The molecule has 3 rings (SSSR count). The SMILES string of the molecule is FC(F)(F)c1nc2n(n1)C(C1CCCCC1)CCN2. The molecule has 0 aromatic carbocycles. The molecule has 2 aliphatic rings. The van der Waals surface area contributed by atoms with Gasteiger partial charge in [-0.05, 0) is 25.2 Å². The van der Waals surface area contributed by atoms with Crippen molar-refractivity contribution >= 4 is 5.95 Å². The van der Waals surface area contributed by atoms with E-state index >= 15 is 0 Å². The van der Waals surface area contributed by atoms with Crippen molar-refractivity contribution in [2.75, 3.05) is 11.9 Å². The molecule has 0 radical (unpaired) electrons. The van der Waals surface area contributed by atoms with Crippen molar-refractivity contribution in [3.63, 3.8) is 0 Å². The summed E-state index contributed by atoms with van der Waals surface area (Å²) in [6.45, 7) is 0.678. The number of hydrogen-bond acceptors (Lipinski definition) is 3. The smallest absolute Gasteiger partial charge is 0.354 e. The number of halogens is 3. The molecule has 1 saturated carbocycles. The van der Waals surface area contributed by atoms with Gasteiger partial charge < -0.3 is 5.32 Å². The van der Waals surface area contributed by atoms with Gasteiger partial charge in [-0.15, -0.1) is 5.10 Å². The Kier molecular flexibility index (Phi) is 3.14. The van der Waals surface area contributed by atoms with Crippen LogP contribution in [-0.4, -0.2) is 21.3 Å². The van der Waals surface area contributed by atoms with Crippen molar-refractivity contribution in [1.29, 1.82) is 0 Å². The number of hydrogen-bond donors (Lipinski definition) is 1. The number of aromatic nitrogens is 3. The fourth-order valence-corrected chi connectivity index (χ4v) is 3.20. The summed E-state index contributed by atoms with van der Waals surface area (Å²) >= 11 is 0. The van der Waals surface area contributed by atoms with E-state index in [1.807, 2.05) is 0 Å². The minimum atomic E-state index is -4.47. The molecule has 7 heteroatoms. The van der Waals surface area contributed by atoms with E-state index in [-0.39, 0.29) is 12.0 Å². The zero-order chi connectivity index (χ0) is 13.5. The van der Waals surface area contributed by atoms with Crippen LogP contribution < -0.4 is 5.32 Å². The van der Waals surface area contributed by atoms with E-state index in [1.54, 1.807) is 0 Å². The summed E-state index contributed by atoms with van der Waals surface area (Å²) in [5.41, 5.74) is 0. The normalized spacial score (nSPS) is 24.9. The van der Waals surface area contributed by atoms with Crippen LogP contribution in [0.5, 0.6) is 0 Å². The zero-order valence-corrected chi connectivity index (χ0v) is 10.6. The highest BCUT2D eigenvalue weighted by molar-refractivity contribution is 5.28. The zero-order valence-electron chi connectivity index (χ0n) is 10.6. The largest absolute Gasteiger partial charge is 0.453 e. The lowest BCUT2D eigenvalue weighted by atomic mass is 9.82. The van der Waals surface area contributed by atoms with Crippen molar-refractivity contribution < 1.29 is 13.2 Å². The summed E-state index contributed by atoms with van der Waals surface area (Å²) in [5.74, 6) is -0.316. The summed E-state index contributed by atoms with van der Waals surface area (Å²) in [5, 5.41) is 6.61. The molecule has 4 nitrogen and oxygen atoms in total. The fraction of sp³-hybridized carbons (Fsp3) is 0.833. The lowest BCUT2D eigenvalue weighted by Crippen LogP contribution is -2.30. The van der Waals surface area contributed by atoms with Gasteiger partial charge in [-0.2, -0.15) is 18.2 Å². The van der Waals surface area contributed by atoms with Gasteiger partial charge in [0.05, 0.1) is 6.04 Å². The van der Waals surface area contributed by atoms with Gasteiger partial charge in [-0.3, -0.25) is 0 Å². The first-order valence-corrected chi connectivity index (χ1v) is 6.83. The van der Waals surface area contributed by atoms with Gasteiger partial charge in [-0.1, -0.05) is 19.3 Å². The van der Waals surface area contributed by atoms with Crippen LogP contribution in [0, 0.1) is 5.92 Å². The van der Waals surface area contributed by atoms with Crippen molar-refractivity contribution in [2.45, 2.75) is 50.7 Å². The predicted molar refractivity (Wildman–Crippen MR) is 63.7 cm³/mol. The molecule has 1 fully saturated rings. The molecule has 0 saturated heterocycles. The number of alkyl halides is 3. The molecular formula is C12H17F3N4. The van der Waals surface area contributed by atoms with E-state index in [4.69, 9.17) is 0 Å². The fourth-order valence-electron chi connectivity index (χ4n) is 3.20. The second-order valence-corrected chi connectivity index (χ2v) is 5.38. The van der Waals surface area contributed by atoms with E-state index in [1.165, 1.54) is 23.9 Å². The van der Waals surface area contributed by atoms with Crippen molar-refractivity contribution in [3.8, 4) is 0 Å². The van der Waals surface area contributed by atoms with Gasteiger partial charge >= 0.3 is 6.18 Å². The summed E-state index contributed by atoms with van der Waals surface area (Å²) < 4.78 is 39.5. The Labute approximate surface area is 109 Å². The Morgan fingerprint density at radius 1 is 1.11 bits per heavy atom. The van der Waals surface area contributed by atoms with E-state index in [0.717, 1.165) is 19.3 Å². The van der Waals surface area contributed by atoms with Gasteiger partial charge in [-0.25, -0.2) is 4.68 Å². The average Bonchev–Trinajstić information content (AvgIpc) is 2.83. The van der Waals surface area contributed by atoms with Crippen LogP contribution in [0.25, 0.3) is 0 Å². The standard InChI is InChI=1S/C12H17F3N4/c13-12(14,15)10-17-11-16-7-6-9(19(11)18-10)8-4-2-1-3-5-8/h8-9H,1-7H2,(H,16,17,18). The lowest BCUT2D eigenvalue weighted by Gasteiger charge is -2.33. The van der Waals surface area contributed by atoms with E-state index in [9.17, 15) is 13.2 Å². The van der Waals surface area contributed by atoms with Gasteiger partial charge in [0.2, 0.25) is 5.95 Å². The van der Waals surface area contributed by atoms with Crippen LogP contribution in [0.4, 0.5) is 19.1 Å². The average molecular weight is 274 g/mol. The Hall–Kier alpha value is -1.27. The Morgan fingerprint density at radius 3 is 2.53 bits per heavy atom. The summed E-state index contributed by atoms with van der Waals surface area (Å²) in [4.78, 5) is 3.58. The summed E-state index contributed by atoms with van der Waals surface area (Å²) in [6.07, 6.45) is 2.12. The number of fused-ring (bicyclic) bond motifs is 1. The molecule has 1 unspecified atom stereocenters. The molecule has 0 spiro atoms. The molecule has 1 aromatic rings. The number of rotatable bonds is 1. The van der Waals surface area contributed by atoms with Crippen LogP contribution in [0.1, 0.15) is 50.4 Å². The Bertz CT molecular complexity index is 448. The summed E-state index contributed by atoms with van der Waals surface area (Å²) in [6, 6.07) is 0.0696. The molecule has 106 valence electrons. The van der Waals surface area contributed by atoms with E-state index in [2.05, 4.69) is 15.4 Å². The molecule has 1 aromatic heterocycles. The second kappa shape index (κ2) is 4.68. The van der Waals surface area contributed by atoms with Crippen LogP contribution >= 0.6 is 0 Å². The minimum Gasteiger partial charge on any atom is -0.354 e. The highest BCUT2D eigenvalue weighted by atomic mass is 19.4. The van der Waals surface area contributed by atoms with Crippen LogP contribution in [0.2, 0.25) is 0 Å². The molecule has 19 heavy (non-hydrogen) atoms. The third-order valence-corrected chi connectivity index (χ3v) is 4.12.